The second-order valence-corrected chi connectivity index (χ2v) is 15.2. The zero-order valence-electron chi connectivity index (χ0n) is 26.5. The van der Waals surface area contributed by atoms with Gasteiger partial charge in [-0.2, -0.15) is 0 Å². The summed E-state index contributed by atoms with van der Waals surface area (Å²) in [5.41, 5.74) is 14.9. The molecule has 0 amide bonds. The maximum absolute atomic E-state index is 6.40. The van der Waals surface area contributed by atoms with Crippen molar-refractivity contribution >= 4 is 80.4 Å². The van der Waals surface area contributed by atoms with Gasteiger partial charge in [-0.15, -0.1) is 0 Å². The number of halogens is 2. The van der Waals surface area contributed by atoms with Gasteiger partial charge in [0.2, 0.25) is 0 Å². The number of rotatable bonds is 2. The minimum absolute atomic E-state index is 0.0105. The Bertz CT molecular complexity index is 1780. The molecule has 0 aromatic heterocycles. The van der Waals surface area contributed by atoms with Crippen LogP contribution in [0.4, 0.5) is 34.1 Å². The third kappa shape index (κ3) is 4.73. The molecule has 0 aliphatic carbocycles. The van der Waals surface area contributed by atoms with E-state index in [4.69, 9.17) is 23.2 Å². The molecule has 0 spiro atoms. The summed E-state index contributed by atoms with van der Waals surface area (Å²) in [5, 5.41) is 1.46. The van der Waals surface area contributed by atoms with Crippen LogP contribution < -0.4 is 26.2 Å². The first-order chi connectivity index (χ1) is 20.8. The number of benzene rings is 5. The molecule has 220 valence electrons. The molecule has 2 aliphatic heterocycles. The van der Waals surface area contributed by atoms with Gasteiger partial charge >= 0.3 is 0 Å². The van der Waals surface area contributed by atoms with E-state index in [2.05, 4.69) is 131 Å². The Labute approximate surface area is 272 Å². The molecule has 7 rings (SSSR count). The molecule has 0 atom stereocenters. The molecule has 5 aromatic carbocycles. The van der Waals surface area contributed by atoms with Crippen LogP contribution in [0.25, 0.3) is 0 Å². The number of fused-ring (bicyclic) bond motifs is 4. The molecule has 5 heteroatoms. The van der Waals surface area contributed by atoms with E-state index in [-0.39, 0.29) is 17.5 Å². The molecule has 0 fully saturated rings. The van der Waals surface area contributed by atoms with Crippen LogP contribution in [-0.2, 0) is 10.8 Å². The maximum atomic E-state index is 6.40. The van der Waals surface area contributed by atoms with Crippen LogP contribution in [0.2, 0.25) is 10.0 Å². The molecule has 2 aliphatic rings. The van der Waals surface area contributed by atoms with Crippen molar-refractivity contribution in [1.29, 1.82) is 0 Å². The van der Waals surface area contributed by atoms with Gasteiger partial charge in [0.05, 0.1) is 0 Å². The Morgan fingerprint density at radius 3 is 1.25 bits per heavy atom. The lowest BCUT2D eigenvalue weighted by atomic mass is 9.33. The Hall–Kier alpha value is -3.66. The topological polar surface area (TPSA) is 6.48 Å². The highest BCUT2D eigenvalue weighted by Crippen LogP contribution is 2.45. The average molecular weight is 615 g/mol. The predicted octanol–water partition coefficient (Wildman–Crippen LogP) is 9.98. The lowest BCUT2D eigenvalue weighted by Crippen LogP contribution is -2.61. The molecule has 0 bridgehead atoms. The summed E-state index contributed by atoms with van der Waals surface area (Å²) >= 11 is 12.8. The fourth-order valence-electron chi connectivity index (χ4n) is 6.81. The van der Waals surface area contributed by atoms with Crippen molar-refractivity contribution < 1.29 is 0 Å². The predicted molar refractivity (Wildman–Crippen MR) is 193 cm³/mol. The zero-order chi connectivity index (χ0) is 31.1. The maximum Gasteiger partial charge on any atom is 0.252 e. The first-order valence-corrected chi connectivity index (χ1v) is 16.1. The second-order valence-electron chi connectivity index (χ2n) is 14.3. The van der Waals surface area contributed by atoms with Gasteiger partial charge in [-0.25, -0.2) is 0 Å². The lowest BCUT2D eigenvalue weighted by Gasteiger charge is -2.45. The number of hydrogen-bond acceptors (Lipinski definition) is 2. The molecule has 0 saturated heterocycles. The second kappa shape index (κ2) is 10.2. The van der Waals surface area contributed by atoms with E-state index in [0.717, 1.165) is 21.4 Å². The number of aryl methyl sites for hydroxylation is 1. The van der Waals surface area contributed by atoms with Gasteiger partial charge in [0.15, 0.2) is 0 Å². The summed E-state index contributed by atoms with van der Waals surface area (Å²) < 4.78 is 0. The minimum Gasteiger partial charge on any atom is -0.311 e. The average Bonchev–Trinajstić information content (AvgIpc) is 2.96. The van der Waals surface area contributed by atoms with Gasteiger partial charge < -0.3 is 9.80 Å². The summed E-state index contributed by atoms with van der Waals surface area (Å²) in [4.78, 5) is 4.86. The molecular weight excluding hydrogens is 578 g/mol. The van der Waals surface area contributed by atoms with E-state index < -0.39 is 0 Å². The zero-order valence-corrected chi connectivity index (χ0v) is 28.0. The molecule has 5 aromatic rings. The van der Waals surface area contributed by atoms with Crippen LogP contribution in [-0.4, -0.2) is 6.71 Å². The number of nitrogens with zero attached hydrogens (tertiary/aromatic N) is 2. The van der Waals surface area contributed by atoms with E-state index >= 15 is 0 Å². The Morgan fingerprint density at radius 1 is 0.500 bits per heavy atom. The van der Waals surface area contributed by atoms with E-state index in [9.17, 15) is 0 Å². The quantitative estimate of drug-likeness (QED) is 0.179. The number of hydrogen-bond donors (Lipinski definition) is 0. The summed E-state index contributed by atoms with van der Waals surface area (Å²) in [7, 11) is 0. The highest BCUT2D eigenvalue weighted by molar-refractivity contribution is 7.00. The van der Waals surface area contributed by atoms with E-state index in [1.807, 2.05) is 24.3 Å². The van der Waals surface area contributed by atoms with Crippen molar-refractivity contribution in [3.63, 3.8) is 0 Å². The van der Waals surface area contributed by atoms with Crippen molar-refractivity contribution in [2.45, 2.75) is 59.3 Å². The van der Waals surface area contributed by atoms with Gasteiger partial charge in [-0.1, -0.05) is 89.0 Å². The van der Waals surface area contributed by atoms with Gasteiger partial charge in [-0.3, -0.25) is 0 Å². The third-order valence-corrected chi connectivity index (χ3v) is 9.62. The largest absolute Gasteiger partial charge is 0.311 e. The first kappa shape index (κ1) is 29.1. The highest BCUT2D eigenvalue weighted by Gasteiger charge is 2.44. The SMILES string of the molecule is Cc1cc2c3c(c1)N(c1ccc(Cl)cc1)c1ccc(C(C)(C)C)cc1B3c1cc(C(C)(C)C)ccc1N2c1ccc(Cl)cc1. The van der Waals surface area contributed by atoms with Crippen molar-refractivity contribution in [1.82, 2.24) is 0 Å². The summed E-state index contributed by atoms with van der Waals surface area (Å²) in [6.45, 7) is 16.1. The van der Waals surface area contributed by atoms with Gasteiger partial charge in [0, 0.05) is 44.2 Å². The molecule has 2 heterocycles. The normalized spacial score (nSPS) is 13.9. The van der Waals surface area contributed by atoms with Crippen molar-refractivity contribution in [2.75, 3.05) is 9.80 Å². The van der Waals surface area contributed by atoms with E-state index in [1.165, 1.54) is 55.8 Å². The van der Waals surface area contributed by atoms with Crippen LogP contribution in [0.15, 0.2) is 97.1 Å². The van der Waals surface area contributed by atoms with Crippen molar-refractivity contribution in [3.8, 4) is 0 Å². The molecule has 0 unspecified atom stereocenters. The molecular formula is C39H37BCl2N2. The first-order valence-electron chi connectivity index (χ1n) is 15.4. The minimum atomic E-state index is 0.0105. The van der Waals surface area contributed by atoms with Gasteiger partial charge in [0.25, 0.3) is 6.71 Å². The molecule has 0 radical (unpaired) electrons. The van der Waals surface area contributed by atoms with Crippen molar-refractivity contribution in [3.05, 3.63) is 124 Å². The van der Waals surface area contributed by atoms with Crippen LogP contribution in [0.1, 0.15) is 58.2 Å². The van der Waals surface area contributed by atoms with Crippen LogP contribution >= 0.6 is 23.2 Å². The highest BCUT2D eigenvalue weighted by atomic mass is 35.5. The summed E-state index contributed by atoms with van der Waals surface area (Å²) in [5.74, 6) is 0. The molecule has 44 heavy (non-hydrogen) atoms. The Morgan fingerprint density at radius 2 is 0.886 bits per heavy atom. The Kier molecular flexibility index (Phi) is 6.73. The van der Waals surface area contributed by atoms with Crippen LogP contribution in [0, 0.1) is 6.92 Å². The van der Waals surface area contributed by atoms with Gasteiger partial charge in [0.1, 0.15) is 0 Å². The van der Waals surface area contributed by atoms with E-state index in [0.29, 0.717) is 0 Å². The third-order valence-electron chi connectivity index (χ3n) is 9.11. The fraction of sp³-hybridized carbons (Fsp3) is 0.231. The lowest BCUT2D eigenvalue weighted by molar-refractivity contribution is 0.590. The molecule has 2 nitrogen and oxygen atoms in total. The monoisotopic (exact) mass is 614 g/mol. The van der Waals surface area contributed by atoms with Crippen molar-refractivity contribution in [2.24, 2.45) is 0 Å². The standard InChI is InChI=1S/C39H37BCl2N2/c1-24-20-35-37-36(21-24)44(30-16-12-28(42)13-17-30)34-19-9-26(39(5,6)7)23-32(34)40(37)31-22-25(38(2,3)4)8-18-33(31)43(35)29-14-10-27(41)11-15-29/h8-23H,1-7H3. The summed E-state index contributed by atoms with van der Waals surface area (Å²) in [6.07, 6.45) is 0. The van der Waals surface area contributed by atoms with Gasteiger partial charge in [-0.05, 0) is 124 Å². The molecule has 0 N–H and O–H groups in total. The Balaban J connectivity index is 1.61. The smallest absolute Gasteiger partial charge is 0.252 e. The van der Waals surface area contributed by atoms with Crippen LogP contribution in [0.5, 0.6) is 0 Å². The summed E-state index contributed by atoms with van der Waals surface area (Å²) in [6, 6.07) is 35.3. The number of anilines is 6. The van der Waals surface area contributed by atoms with Crippen LogP contribution in [0.3, 0.4) is 0 Å². The fourth-order valence-corrected chi connectivity index (χ4v) is 7.06. The van der Waals surface area contributed by atoms with E-state index in [1.54, 1.807) is 0 Å². The molecule has 0 saturated carbocycles.